The first-order valence-corrected chi connectivity index (χ1v) is 35.0. The molecule has 11 nitrogen and oxygen atoms in total. The summed E-state index contributed by atoms with van der Waals surface area (Å²) in [5.74, 6) is -1.20. The van der Waals surface area contributed by atoms with Gasteiger partial charge in [0.1, 0.15) is 24.4 Å². The standard InChI is InChI=1S/C74H129NO10/c1-4-7-10-13-16-19-22-24-26-28-30-31-32-33-34-35-36-37-38-40-42-44-47-50-53-56-59-62-69(79)85-72-71(81)70(80)68(63-76)84-74(72)83-64-65(66(77)60-57-54-51-48-45-21-18-15-12-9-6-3)75-73(82)67(78)61-58-55-52-49-46-43-41-39-29-27-25-23-20-17-14-11-8-5-2/h7,10,16-17,19-20,24-27,30-31,33-34,57,60,65-68,70-72,74,76-78,80-81H,4-6,8-9,11-15,18,21-23,28-29,32,35-56,58-59,61-64H2,1-3H3,(H,75,82)/b10-7-,19-16-,20-17-,26-24-,27-25-,31-30-,34-33-,60-57+. The molecule has 8 atom stereocenters. The van der Waals surface area contributed by atoms with E-state index in [2.05, 4.69) is 111 Å². The highest BCUT2D eigenvalue weighted by molar-refractivity contribution is 5.80. The monoisotopic (exact) mass is 1190 g/mol. The van der Waals surface area contributed by atoms with Gasteiger partial charge in [-0.1, -0.05) is 285 Å². The lowest BCUT2D eigenvalue weighted by molar-refractivity contribution is -0.305. The van der Waals surface area contributed by atoms with E-state index in [1.165, 1.54) is 141 Å². The van der Waals surface area contributed by atoms with Crippen LogP contribution >= 0.6 is 0 Å². The molecule has 1 saturated heterocycles. The zero-order chi connectivity index (χ0) is 61.7. The fraction of sp³-hybridized carbons (Fsp3) is 0.757. The molecule has 490 valence electrons. The summed E-state index contributed by atoms with van der Waals surface area (Å²) in [6.45, 7) is 5.66. The number of carbonyl (C=O) groups is 2. The Kier molecular flexibility index (Phi) is 57.0. The van der Waals surface area contributed by atoms with Crippen molar-refractivity contribution in [3.8, 4) is 0 Å². The van der Waals surface area contributed by atoms with Crippen LogP contribution in [0.3, 0.4) is 0 Å². The van der Waals surface area contributed by atoms with Crippen molar-refractivity contribution in [3.05, 3.63) is 97.2 Å². The zero-order valence-corrected chi connectivity index (χ0v) is 54.5. The minimum atomic E-state index is -1.62. The molecule has 0 aromatic heterocycles. The lowest BCUT2D eigenvalue weighted by atomic mass is 9.99. The average molecular weight is 1190 g/mol. The summed E-state index contributed by atoms with van der Waals surface area (Å²) in [7, 11) is 0. The molecule has 1 rings (SSSR count). The minimum absolute atomic E-state index is 0.115. The Balaban J connectivity index is 2.55. The molecule has 0 aromatic carbocycles. The maximum absolute atomic E-state index is 13.5. The van der Waals surface area contributed by atoms with Gasteiger partial charge in [0.15, 0.2) is 12.4 Å². The Labute approximate surface area is 520 Å². The van der Waals surface area contributed by atoms with E-state index in [-0.39, 0.29) is 19.4 Å². The smallest absolute Gasteiger partial charge is 0.306 e. The van der Waals surface area contributed by atoms with Gasteiger partial charge < -0.3 is 45.1 Å². The zero-order valence-electron chi connectivity index (χ0n) is 54.5. The maximum Gasteiger partial charge on any atom is 0.306 e. The van der Waals surface area contributed by atoms with Gasteiger partial charge in [-0.2, -0.15) is 0 Å². The average Bonchev–Trinajstić information content (AvgIpc) is 2.92. The minimum Gasteiger partial charge on any atom is -0.454 e. The van der Waals surface area contributed by atoms with E-state index in [1.54, 1.807) is 6.08 Å². The Bertz CT molecular complexity index is 1750. The molecule has 1 aliphatic rings. The van der Waals surface area contributed by atoms with Crippen molar-refractivity contribution >= 4 is 11.9 Å². The van der Waals surface area contributed by atoms with E-state index in [4.69, 9.17) is 14.2 Å². The van der Waals surface area contributed by atoms with Gasteiger partial charge in [0.05, 0.1) is 25.4 Å². The van der Waals surface area contributed by atoms with Gasteiger partial charge in [0.2, 0.25) is 5.91 Å². The van der Waals surface area contributed by atoms with E-state index in [0.717, 1.165) is 109 Å². The number of allylic oxidation sites excluding steroid dienone is 15. The van der Waals surface area contributed by atoms with Crippen LogP contribution in [-0.4, -0.2) is 99.6 Å². The van der Waals surface area contributed by atoms with Crippen molar-refractivity contribution in [2.45, 2.75) is 346 Å². The molecule has 0 radical (unpaired) electrons. The van der Waals surface area contributed by atoms with Crippen LogP contribution in [0.25, 0.3) is 0 Å². The van der Waals surface area contributed by atoms with Gasteiger partial charge in [0.25, 0.3) is 0 Å². The largest absolute Gasteiger partial charge is 0.454 e. The van der Waals surface area contributed by atoms with Crippen LogP contribution in [0.4, 0.5) is 0 Å². The second kappa shape index (κ2) is 60.8. The summed E-state index contributed by atoms with van der Waals surface area (Å²) in [6.07, 6.45) is 71.6. The predicted molar refractivity (Wildman–Crippen MR) is 356 cm³/mol. The van der Waals surface area contributed by atoms with Gasteiger partial charge in [-0.15, -0.1) is 0 Å². The molecule has 1 fully saturated rings. The van der Waals surface area contributed by atoms with Gasteiger partial charge in [-0.3, -0.25) is 9.59 Å². The third-order valence-corrected chi connectivity index (χ3v) is 16.0. The Hall–Kier alpha value is -3.42. The van der Waals surface area contributed by atoms with Crippen molar-refractivity contribution < 1.29 is 49.3 Å². The number of ether oxygens (including phenoxy) is 3. The molecule has 6 N–H and O–H groups in total. The van der Waals surface area contributed by atoms with Crippen LogP contribution < -0.4 is 5.32 Å². The molecule has 0 aliphatic carbocycles. The molecule has 0 spiro atoms. The third kappa shape index (κ3) is 48.2. The van der Waals surface area contributed by atoms with Crippen LogP contribution in [0.15, 0.2) is 97.2 Å². The van der Waals surface area contributed by atoms with E-state index < -0.39 is 67.4 Å². The molecule has 8 unspecified atom stereocenters. The van der Waals surface area contributed by atoms with Crippen molar-refractivity contribution in [2.75, 3.05) is 13.2 Å². The predicted octanol–water partition coefficient (Wildman–Crippen LogP) is 17.8. The summed E-state index contributed by atoms with van der Waals surface area (Å²) in [6, 6.07) is -1.03. The van der Waals surface area contributed by atoms with Crippen molar-refractivity contribution in [2.24, 2.45) is 0 Å². The lowest BCUT2D eigenvalue weighted by Crippen LogP contribution is -2.61. The molecule has 1 heterocycles. The fourth-order valence-corrected chi connectivity index (χ4v) is 10.5. The number of carbonyl (C=O) groups excluding carboxylic acids is 2. The third-order valence-electron chi connectivity index (χ3n) is 16.0. The highest BCUT2D eigenvalue weighted by Crippen LogP contribution is 2.26. The van der Waals surface area contributed by atoms with Gasteiger partial charge in [-0.05, 0) is 103 Å². The second-order valence-electron chi connectivity index (χ2n) is 23.9. The number of rotatable bonds is 59. The van der Waals surface area contributed by atoms with Crippen molar-refractivity contribution in [3.63, 3.8) is 0 Å². The second-order valence-corrected chi connectivity index (χ2v) is 23.9. The number of aliphatic hydroxyl groups excluding tert-OH is 5. The van der Waals surface area contributed by atoms with Crippen LogP contribution in [0.1, 0.15) is 297 Å². The van der Waals surface area contributed by atoms with Gasteiger partial charge >= 0.3 is 5.97 Å². The van der Waals surface area contributed by atoms with Crippen molar-refractivity contribution in [1.82, 2.24) is 5.32 Å². The first-order valence-electron chi connectivity index (χ1n) is 35.0. The number of nitrogens with one attached hydrogen (secondary N) is 1. The number of aliphatic hydroxyl groups is 5. The van der Waals surface area contributed by atoms with E-state index in [1.807, 2.05) is 6.08 Å². The van der Waals surface area contributed by atoms with Crippen LogP contribution in [0.5, 0.6) is 0 Å². The van der Waals surface area contributed by atoms with E-state index in [9.17, 15) is 35.1 Å². The topological polar surface area (TPSA) is 175 Å². The maximum atomic E-state index is 13.5. The fourth-order valence-electron chi connectivity index (χ4n) is 10.5. The quantitative estimate of drug-likeness (QED) is 0.0195. The van der Waals surface area contributed by atoms with Crippen molar-refractivity contribution in [1.29, 1.82) is 0 Å². The normalized spacial score (nSPS) is 19.0. The molecule has 0 aromatic rings. The number of hydrogen-bond acceptors (Lipinski definition) is 10. The molecular weight excluding hydrogens is 1060 g/mol. The lowest BCUT2D eigenvalue weighted by Gasteiger charge is -2.41. The van der Waals surface area contributed by atoms with Crippen LogP contribution in [0, 0.1) is 0 Å². The number of esters is 1. The number of amides is 1. The van der Waals surface area contributed by atoms with E-state index >= 15 is 0 Å². The summed E-state index contributed by atoms with van der Waals surface area (Å²) in [4.78, 5) is 26.7. The van der Waals surface area contributed by atoms with Crippen LogP contribution in [-0.2, 0) is 23.8 Å². The highest BCUT2D eigenvalue weighted by atomic mass is 16.7. The van der Waals surface area contributed by atoms with Gasteiger partial charge in [0, 0.05) is 6.42 Å². The molecule has 1 aliphatic heterocycles. The molecule has 11 heteroatoms. The summed E-state index contributed by atoms with van der Waals surface area (Å²) in [5, 5.41) is 57.2. The number of unbranched alkanes of at least 4 members (excludes halogenated alkanes) is 31. The summed E-state index contributed by atoms with van der Waals surface area (Å²) < 4.78 is 17.7. The SMILES string of the molecule is CC/C=C\C/C=C\C/C=C\C/C=C\C/C=C\CCCCCCCCCCCCCC(=O)OC1C(OCC(NC(=O)C(O)CCCCCCCCCC/C=C\C/C=C\CCCCC)C(O)/C=C/CCCCCCCCCCC)OC(CO)C(O)C1O. The molecule has 0 saturated carbocycles. The Morgan fingerprint density at radius 3 is 1.29 bits per heavy atom. The first kappa shape index (κ1) is 79.6. The van der Waals surface area contributed by atoms with Gasteiger partial charge in [-0.25, -0.2) is 0 Å². The number of hydrogen-bond donors (Lipinski definition) is 6. The van der Waals surface area contributed by atoms with Crippen LogP contribution in [0.2, 0.25) is 0 Å². The molecule has 85 heavy (non-hydrogen) atoms. The van der Waals surface area contributed by atoms with E-state index in [0.29, 0.717) is 12.8 Å². The Morgan fingerprint density at radius 2 is 0.847 bits per heavy atom. The molecular formula is C74H129NO10. The summed E-state index contributed by atoms with van der Waals surface area (Å²) >= 11 is 0. The first-order chi connectivity index (χ1) is 41.7. The molecule has 1 amide bonds. The molecule has 0 bridgehead atoms. The Morgan fingerprint density at radius 1 is 0.471 bits per heavy atom. The highest BCUT2D eigenvalue weighted by Gasteiger charge is 2.47. The summed E-state index contributed by atoms with van der Waals surface area (Å²) in [5.41, 5.74) is 0.